The number of alkyl halides is 1. The smallest absolute Gasteiger partial charge is 0.0842 e. The van der Waals surface area contributed by atoms with E-state index < -0.39 is 0 Å². The van der Waals surface area contributed by atoms with Crippen molar-refractivity contribution in [2.45, 2.75) is 39.5 Å². The molecule has 0 fully saturated rings. The van der Waals surface area contributed by atoms with Crippen molar-refractivity contribution in [1.29, 1.82) is 0 Å². The number of rotatable bonds is 0. The van der Waals surface area contributed by atoms with Gasteiger partial charge in [-0.2, -0.15) is 0 Å². The first-order chi connectivity index (χ1) is 4.89. The molecule has 0 aromatic rings. The fourth-order valence-electron chi connectivity index (χ4n) is 1.55. The van der Waals surface area contributed by atoms with Gasteiger partial charge in [-0.3, -0.25) is 0 Å². The molecule has 0 atom stereocenters. The van der Waals surface area contributed by atoms with Crippen molar-refractivity contribution in [1.82, 2.24) is 0 Å². The molecule has 66 valence electrons. The van der Waals surface area contributed by atoms with Crippen molar-refractivity contribution in [3.63, 3.8) is 0 Å². The van der Waals surface area contributed by atoms with E-state index in [0.717, 1.165) is 0 Å². The van der Waals surface area contributed by atoms with Crippen molar-refractivity contribution >= 4 is 11.6 Å². The van der Waals surface area contributed by atoms with Crippen LogP contribution in [0.3, 0.4) is 0 Å². The molecule has 0 saturated carbocycles. The Morgan fingerprint density at radius 2 is 1.17 bits per heavy atom. The molecule has 2 heteroatoms. The minimum atomic E-state index is -0.214. The second-order valence-electron chi connectivity index (χ2n) is 3.50. The van der Waals surface area contributed by atoms with E-state index in [4.69, 9.17) is 11.6 Å². The average Bonchev–Trinajstić information content (AvgIpc) is 2.06. The maximum absolute atomic E-state index is 6.34. The van der Waals surface area contributed by atoms with Gasteiger partial charge in [0, 0.05) is 26.2 Å². The summed E-state index contributed by atoms with van der Waals surface area (Å²) < 4.78 is 0. The van der Waals surface area contributed by atoms with Crippen LogP contribution in [0.4, 0.5) is 0 Å². The first kappa shape index (κ1) is 12.7. The minimum absolute atomic E-state index is 0. The topological polar surface area (TPSA) is 0 Å². The fourth-order valence-corrected chi connectivity index (χ4v) is 1.83. The molecular weight excluding hydrogens is 247 g/mol. The molecule has 0 heterocycles. The van der Waals surface area contributed by atoms with E-state index in [-0.39, 0.29) is 31.1 Å². The molecular formula is C10H15ClZr. The van der Waals surface area contributed by atoms with Gasteiger partial charge in [0.2, 0.25) is 0 Å². The predicted octanol–water partition coefficient (Wildman–Crippen LogP) is 3.67. The van der Waals surface area contributed by atoms with Crippen molar-refractivity contribution in [2.75, 3.05) is 0 Å². The summed E-state index contributed by atoms with van der Waals surface area (Å²) in [6, 6.07) is 0. The largest absolute Gasteiger partial charge is 0.110 e. The van der Waals surface area contributed by atoms with Crippen molar-refractivity contribution in [3.8, 4) is 0 Å². The standard InChI is InChI=1S/C10H15Cl.Zr/c1-6-7(2)9(4)10(5,11)8(6)3;/h1-5H3;. The molecule has 0 aromatic heterocycles. The van der Waals surface area contributed by atoms with Crippen LogP contribution in [0.5, 0.6) is 0 Å². The zero-order valence-corrected chi connectivity index (χ0v) is 11.6. The molecule has 1 rings (SSSR count). The van der Waals surface area contributed by atoms with Gasteiger partial charge in [-0.15, -0.1) is 11.6 Å². The van der Waals surface area contributed by atoms with Crippen LogP contribution < -0.4 is 0 Å². The summed E-state index contributed by atoms with van der Waals surface area (Å²) in [5, 5.41) is 0. The van der Waals surface area contributed by atoms with Gasteiger partial charge in [-0.05, 0) is 56.9 Å². The van der Waals surface area contributed by atoms with Crippen LogP contribution in [0.1, 0.15) is 34.6 Å². The maximum Gasteiger partial charge on any atom is 0.0842 e. The molecule has 0 N–H and O–H groups in total. The fraction of sp³-hybridized carbons (Fsp3) is 0.600. The summed E-state index contributed by atoms with van der Waals surface area (Å²) in [5.74, 6) is 0. The van der Waals surface area contributed by atoms with E-state index in [1.54, 1.807) is 0 Å². The normalized spacial score (nSPS) is 21.5. The Bertz CT molecular complexity index is 233. The van der Waals surface area contributed by atoms with Gasteiger partial charge in [0.25, 0.3) is 0 Å². The summed E-state index contributed by atoms with van der Waals surface area (Å²) in [5.41, 5.74) is 5.32. The van der Waals surface area contributed by atoms with Gasteiger partial charge in [-0.1, -0.05) is 0 Å². The third-order valence-corrected chi connectivity index (χ3v) is 3.66. The Labute approximate surface area is 99.2 Å². The zero-order valence-electron chi connectivity index (χ0n) is 8.38. The molecule has 0 radical (unpaired) electrons. The van der Waals surface area contributed by atoms with Crippen molar-refractivity contribution in [2.24, 2.45) is 0 Å². The van der Waals surface area contributed by atoms with Gasteiger partial charge >= 0.3 is 0 Å². The predicted molar refractivity (Wildman–Crippen MR) is 51.0 cm³/mol. The quantitative estimate of drug-likeness (QED) is 0.584. The SMILES string of the molecule is CC1=C(C)C(C)(Cl)C(C)=C1C.[Zr]. The van der Waals surface area contributed by atoms with Crippen LogP contribution in [0.15, 0.2) is 22.3 Å². The number of halogens is 1. The van der Waals surface area contributed by atoms with Crippen LogP contribution in [0.2, 0.25) is 0 Å². The van der Waals surface area contributed by atoms with Crippen molar-refractivity contribution < 1.29 is 26.2 Å². The third-order valence-electron chi connectivity index (χ3n) is 3.10. The second kappa shape index (κ2) is 3.80. The van der Waals surface area contributed by atoms with Crippen LogP contribution in [-0.2, 0) is 26.2 Å². The molecule has 0 amide bonds. The molecule has 0 aliphatic heterocycles. The van der Waals surface area contributed by atoms with Gasteiger partial charge in [0.1, 0.15) is 0 Å². The minimum Gasteiger partial charge on any atom is -0.110 e. The van der Waals surface area contributed by atoms with Crippen LogP contribution >= 0.6 is 11.6 Å². The summed E-state index contributed by atoms with van der Waals surface area (Å²) in [4.78, 5) is -0.214. The van der Waals surface area contributed by atoms with E-state index in [0.29, 0.717) is 0 Å². The van der Waals surface area contributed by atoms with Gasteiger partial charge in [-0.25, -0.2) is 0 Å². The van der Waals surface area contributed by atoms with E-state index in [1.807, 2.05) is 0 Å². The second-order valence-corrected chi connectivity index (χ2v) is 4.26. The monoisotopic (exact) mass is 260 g/mol. The molecule has 0 spiro atoms. The molecule has 1 aliphatic carbocycles. The molecule has 1 aliphatic rings. The van der Waals surface area contributed by atoms with Gasteiger partial charge in [0.05, 0.1) is 4.87 Å². The van der Waals surface area contributed by atoms with E-state index in [1.165, 1.54) is 22.3 Å². The Morgan fingerprint density at radius 1 is 0.917 bits per heavy atom. The molecule has 0 bridgehead atoms. The van der Waals surface area contributed by atoms with Crippen LogP contribution in [-0.4, -0.2) is 4.87 Å². The molecule has 0 unspecified atom stereocenters. The van der Waals surface area contributed by atoms with Crippen LogP contribution in [0.25, 0.3) is 0 Å². The van der Waals surface area contributed by atoms with Gasteiger partial charge in [0.15, 0.2) is 0 Å². The number of hydrogen-bond donors (Lipinski definition) is 0. The summed E-state index contributed by atoms with van der Waals surface area (Å²) in [6.07, 6.45) is 0. The van der Waals surface area contributed by atoms with Gasteiger partial charge < -0.3 is 0 Å². The maximum atomic E-state index is 6.34. The summed E-state index contributed by atoms with van der Waals surface area (Å²) in [6.45, 7) is 10.6. The van der Waals surface area contributed by atoms with E-state index in [2.05, 4.69) is 34.6 Å². The van der Waals surface area contributed by atoms with E-state index in [9.17, 15) is 0 Å². The van der Waals surface area contributed by atoms with Crippen molar-refractivity contribution in [3.05, 3.63) is 22.3 Å². The Kier molecular flexibility index (Phi) is 4.01. The zero-order chi connectivity index (χ0) is 8.81. The Balaban J connectivity index is 0.00000121. The first-order valence-electron chi connectivity index (χ1n) is 3.94. The average molecular weight is 262 g/mol. The number of hydrogen-bond acceptors (Lipinski definition) is 0. The van der Waals surface area contributed by atoms with E-state index >= 15 is 0 Å². The summed E-state index contributed by atoms with van der Waals surface area (Å²) >= 11 is 6.34. The molecule has 0 aromatic carbocycles. The molecule has 12 heavy (non-hydrogen) atoms. The summed E-state index contributed by atoms with van der Waals surface area (Å²) in [7, 11) is 0. The van der Waals surface area contributed by atoms with Crippen LogP contribution in [0, 0.1) is 0 Å². The number of allylic oxidation sites excluding steroid dienone is 4. The Morgan fingerprint density at radius 3 is 1.25 bits per heavy atom. The molecule has 0 nitrogen and oxygen atoms in total. The first-order valence-corrected chi connectivity index (χ1v) is 4.32. The Hall–Kier alpha value is 0.653. The molecule has 0 saturated heterocycles. The third kappa shape index (κ3) is 1.63.